The Bertz CT molecular complexity index is 1850. The van der Waals surface area contributed by atoms with Crippen LogP contribution in [0.2, 0.25) is 10.0 Å². The van der Waals surface area contributed by atoms with Crippen molar-refractivity contribution in [1.82, 2.24) is 4.57 Å². The van der Waals surface area contributed by atoms with Gasteiger partial charge in [-0.2, -0.15) is 0 Å². The summed E-state index contributed by atoms with van der Waals surface area (Å²) in [5, 5.41) is 0.802. The third-order valence-corrected chi connectivity index (χ3v) is 8.03. The highest BCUT2D eigenvalue weighted by atomic mass is 35.5. The molecule has 0 radical (unpaired) electrons. The zero-order chi connectivity index (χ0) is 27.3. The zero-order valence-corrected chi connectivity index (χ0v) is 23.0. The summed E-state index contributed by atoms with van der Waals surface area (Å²) in [6, 6.07) is 13.2. The topological polar surface area (TPSA) is 92.3 Å². The van der Waals surface area contributed by atoms with Crippen molar-refractivity contribution in [2.45, 2.75) is 19.9 Å². The van der Waals surface area contributed by atoms with E-state index in [1.54, 1.807) is 56.3 Å². The minimum Gasteiger partial charge on any atom is -0.463 e. The Labute approximate surface area is 236 Å². The number of rotatable bonds is 5. The van der Waals surface area contributed by atoms with Crippen LogP contribution in [0.25, 0.3) is 17.4 Å². The molecule has 4 heterocycles. The first-order valence-electron chi connectivity index (χ1n) is 12.0. The van der Waals surface area contributed by atoms with Gasteiger partial charge in [-0.15, -0.1) is 0 Å². The number of carbonyl (C=O) groups is 1. The van der Waals surface area contributed by atoms with Gasteiger partial charge in [-0.05, 0) is 68.0 Å². The Kier molecular flexibility index (Phi) is 6.58. The zero-order valence-electron chi connectivity index (χ0n) is 20.7. The molecule has 0 unspecified atom stereocenters. The van der Waals surface area contributed by atoms with Crippen molar-refractivity contribution in [1.29, 1.82) is 0 Å². The molecule has 0 spiro atoms. The summed E-state index contributed by atoms with van der Waals surface area (Å²) in [6.45, 7) is 3.77. The van der Waals surface area contributed by atoms with Crippen molar-refractivity contribution in [3.8, 4) is 22.8 Å². The smallest absolute Gasteiger partial charge is 0.338 e. The Hall–Kier alpha value is -3.79. The molecule has 0 aliphatic carbocycles. The lowest BCUT2D eigenvalue weighted by Crippen LogP contribution is -2.39. The first-order valence-corrected chi connectivity index (χ1v) is 13.6. The number of aromatic nitrogens is 1. The normalized spacial score (nSPS) is 16.3. The fourth-order valence-corrected chi connectivity index (χ4v) is 5.86. The van der Waals surface area contributed by atoms with Crippen LogP contribution >= 0.6 is 34.5 Å². The maximum atomic E-state index is 13.8. The lowest BCUT2D eigenvalue weighted by molar-refractivity contribution is -0.139. The largest absolute Gasteiger partial charge is 0.463 e. The standard InChI is InChI=1S/C28H20Cl2N2O6S/c1-3-35-27(34)24-14(2)31-28-32(25(24)21-9-8-19(38-21)16-5-6-17(29)18(30)12-16)26(33)23(39-28)11-15-4-7-20-22(10-15)37-13-36-20/h4-12,25H,3,13H2,1-2H3/b23-11-/t25-/m1/s1. The molecule has 0 saturated heterocycles. The fourth-order valence-electron chi connectivity index (χ4n) is 4.52. The van der Waals surface area contributed by atoms with E-state index in [0.717, 1.165) is 5.56 Å². The monoisotopic (exact) mass is 582 g/mol. The first-order chi connectivity index (χ1) is 18.8. The van der Waals surface area contributed by atoms with E-state index in [4.69, 9.17) is 41.8 Å². The second kappa shape index (κ2) is 10.1. The number of halogens is 2. The highest BCUT2D eigenvalue weighted by Gasteiger charge is 2.35. The molecule has 11 heteroatoms. The van der Waals surface area contributed by atoms with E-state index >= 15 is 0 Å². The van der Waals surface area contributed by atoms with Gasteiger partial charge in [0.2, 0.25) is 6.79 Å². The second-order valence-corrected chi connectivity index (χ2v) is 10.6. The summed E-state index contributed by atoms with van der Waals surface area (Å²) in [5.41, 5.74) is 1.82. The Morgan fingerprint density at radius 1 is 1.13 bits per heavy atom. The summed E-state index contributed by atoms with van der Waals surface area (Å²) < 4.78 is 24.3. The van der Waals surface area contributed by atoms with Gasteiger partial charge in [0.1, 0.15) is 17.6 Å². The molecule has 6 rings (SSSR count). The molecule has 0 fully saturated rings. The summed E-state index contributed by atoms with van der Waals surface area (Å²) in [6.07, 6.45) is 1.76. The Morgan fingerprint density at radius 2 is 1.95 bits per heavy atom. The molecule has 198 valence electrons. The number of hydrogen-bond donors (Lipinski definition) is 0. The number of ether oxygens (including phenoxy) is 3. The van der Waals surface area contributed by atoms with Crippen LogP contribution in [0.1, 0.15) is 31.2 Å². The number of thiazole rings is 1. The highest BCUT2D eigenvalue weighted by molar-refractivity contribution is 7.07. The van der Waals surface area contributed by atoms with E-state index in [1.165, 1.54) is 15.9 Å². The van der Waals surface area contributed by atoms with Crippen molar-refractivity contribution >= 4 is 46.6 Å². The Balaban J connectivity index is 1.50. The van der Waals surface area contributed by atoms with Gasteiger partial charge in [0.05, 0.1) is 32.5 Å². The van der Waals surface area contributed by atoms with Gasteiger partial charge in [0, 0.05) is 5.56 Å². The molecular formula is C28H20Cl2N2O6S. The van der Waals surface area contributed by atoms with E-state index in [0.29, 0.717) is 53.7 Å². The molecule has 2 aromatic carbocycles. The lowest BCUT2D eigenvalue weighted by Gasteiger charge is -2.22. The number of fused-ring (bicyclic) bond motifs is 2. The average molecular weight is 583 g/mol. The maximum absolute atomic E-state index is 13.8. The van der Waals surface area contributed by atoms with Crippen LogP contribution in [0.4, 0.5) is 0 Å². The van der Waals surface area contributed by atoms with Gasteiger partial charge >= 0.3 is 5.97 Å². The third-order valence-electron chi connectivity index (χ3n) is 6.31. The minimum absolute atomic E-state index is 0.157. The van der Waals surface area contributed by atoms with Crippen molar-refractivity contribution in [3.63, 3.8) is 0 Å². The van der Waals surface area contributed by atoms with Crippen LogP contribution in [-0.2, 0) is 9.53 Å². The molecule has 0 N–H and O–H groups in total. The highest BCUT2D eigenvalue weighted by Crippen LogP contribution is 2.36. The van der Waals surface area contributed by atoms with E-state index in [1.807, 2.05) is 12.1 Å². The molecule has 4 aromatic rings. The van der Waals surface area contributed by atoms with E-state index in [-0.39, 0.29) is 24.5 Å². The average Bonchev–Trinajstić information content (AvgIpc) is 3.65. The second-order valence-electron chi connectivity index (χ2n) is 8.75. The number of hydrogen-bond acceptors (Lipinski definition) is 8. The van der Waals surface area contributed by atoms with Crippen molar-refractivity contribution in [2.75, 3.05) is 13.4 Å². The summed E-state index contributed by atoms with van der Waals surface area (Å²) >= 11 is 13.5. The quantitative estimate of drug-likeness (QED) is 0.304. The van der Waals surface area contributed by atoms with Crippen LogP contribution in [0, 0.1) is 0 Å². The minimum atomic E-state index is -0.879. The van der Waals surface area contributed by atoms with E-state index in [9.17, 15) is 9.59 Å². The number of nitrogens with zero attached hydrogens (tertiary/aromatic N) is 2. The number of allylic oxidation sites excluding steroid dienone is 1. The SMILES string of the molecule is CCOC(=O)C1=C(C)N=c2s/c(=C\c3ccc4c(c3)OCO4)c(=O)n2[C@@H]1c1ccc(-c2ccc(Cl)c(Cl)c2)o1. The molecule has 0 bridgehead atoms. The van der Waals surface area contributed by atoms with Crippen molar-refractivity contribution in [2.24, 2.45) is 4.99 Å². The Morgan fingerprint density at radius 3 is 2.74 bits per heavy atom. The molecule has 2 aliphatic rings. The summed E-state index contributed by atoms with van der Waals surface area (Å²) in [4.78, 5) is 32.0. The van der Waals surface area contributed by atoms with Gasteiger partial charge in [0.15, 0.2) is 16.3 Å². The maximum Gasteiger partial charge on any atom is 0.338 e. The predicted octanol–water partition coefficient (Wildman–Crippen LogP) is 5.09. The molecule has 1 atom stereocenters. The van der Waals surface area contributed by atoms with Gasteiger partial charge < -0.3 is 18.6 Å². The predicted molar refractivity (Wildman–Crippen MR) is 147 cm³/mol. The van der Waals surface area contributed by atoms with Crippen LogP contribution < -0.4 is 24.4 Å². The summed E-state index contributed by atoms with van der Waals surface area (Å²) in [7, 11) is 0. The van der Waals surface area contributed by atoms with Crippen molar-refractivity contribution < 1.29 is 23.4 Å². The molecule has 2 aromatic heterocycles. The molecule has 0 amide bonds. The van der Waals surface area contributed by atoms with Gasteiger partial charge in [-0.1, -0.05) is 40.6 Å². The third kappa shape index (κ3) is 4.56. The van der Waals surface area contributed by atoms with Crippen molar-refractivity contribution in [3.05, 3.63) is 101 Å². The van der Waals surface area contributed by atoms with Gasteiger partial charge in [-0.3, -0.25) is 9.36 Å². The first kappa shape index (κ1) is 25.5. The van der Waals surface area contributed by atoms with Gasteiger partial charge in [0.25, 0.3) is 5.56 Å². The molecule has 8 nitrogen and oxygen atoms in total. The van der Waals surface area contributed by atoms with E-state index < -0.39 is 12.0 Å². The number of carbonyl (C=O) groups excluding carboxylic acids is 1. The summed E-state index contributed by atoms with van der Waals surface area (Å²) in [5.74, 6) is 1.58. The van der Waals surface area contributed by atoms with Crippen LogP contribution in [0.15, 0.2) is 74.0 Å². The molecule has 0 saturated carbocycles. The molecule has 2 aliphatic heterocycles. The number of furan rings is 1. The van der Waals surface area contributed by atoms with Gasteiger partial charge in [-0.25, -0.2) is 9.79 Å². The van der Waals surface area contributed by atoms with E-state index in [2.05, 4.69) is 4.99 Å². The lowest BCUT2D eigenvalue weighted by atomic mass is 10.0. The van der Waals surface area contributed by atoms with Crippen LogP contribution in [-0.4, -0.2) is 23.9 Å². The molecular weight excluding hydrogens is 563 g/mol. The number of benzene rings is 2. The van der Waals surface area contributed by atoms with Crippen LogP contribution in [0.3, 0.4) is 0 Å². The van der Waals surface area contributed by atoms with Crippen LogP contribution in [0.5, 0.6) is 11.5 Å². The molecule has 39 heavy (non-hydrogen) atoms. The number of esters is 1. The fraction of sp³-hybridized carbons (Fsp3) is 0.179.